The molecule has 2 aromatic rings. The van der Waals surface area contributed by atoms with Gasteiger partial charge in [0.05, 0.1) is 5.92 Å². The van der Waals surface area contributed by atoms with Crippen molar-refractivity contribution in [2.24, 2.45) is 5.92 Å². The van der Waals surface area contributed by atoms with Gasteiger partial charge in [-0.15, -0.1) is 0 Å². The number of hydrogen-bond donors (Lipinski definition) is 0. The van der Waals surface area contributed by atoms with Crippen molar-refractivity contribution >= 4 is 34.9 Å². The first-order chi connectivity index (χ1) is 13.5. The maximum absolute atomic E-state index is 13.0. The number of benzene rings is 1. The molecule has 0 saturated carbocycles. The van der Waals surface area contributed by atoms with Crippen molar-refractivity contribution in [2.75, 3.05) is 42.5 Å². The van der Waals surface area contributed by atoms with E-state index < -0.39 is 0 Å². The molecule has 2 aliphatic rings. The average molecular weight is 399 g/mol. The summed E-state index contributed by atoms with van der Waals surface area (Å²) in [6, 6.07) is 13.4. The topological polar surface area (TPSA) is 56.8 Å². The molecule has 1 aromatic heterocycles. The minimum atomic E-state index is -0.273. The van der Waals surface area contributed by atoms with E-state index in [0.717, 1.165) is 17.1 Å². The number of pyridine rings is 1. The fourth-order valence-corrected chi connectivity index (χ4v) is 3.99. The van der Waals surface area contributed by atoms with Crippen LogP contribution in [0, 0.1) is 12.8 Å². The highest BCUT2D eigenvalue weighted by atomic mass is 35.5. The third-order valence-electron chi connectivity index (χ3n) is 5.44. The predicted molar refractivity (Wildman–Crippen MR) is 110 cm³/mol. The summed E-state index contributed by atoms with van der Waals surface area (Å²) in [6.45, 7) is 5.14. The van der Waals surface area contributed by atoms with Crippen LogP contribution < -0.4 is 9.80 Å². The molecule has 1 unspecified atom stereocenters. The van der Waals surface area contributed by atoms with E-state index in [1.54, 1.807) is 11.0 Å². The molecule has 4 rings (SSSR count). The van der Waals surface area contributed by atoms with Gasteiger partial charge in [-0.3, -0.25) is 9.59 Å². The molecule has 0 aliphatic carbocycles. The summed E-state index contributed by atoms with van der Waals surface area (Å²) in [6.07, 6.45) is 0.281. The van der Waals surface area contributed by atoms with E-state index in [2.05, 4.69) is 9.88 Å². The summed E-state index contributed by atoms with van der Waals surface area (Å²) in [7, 11) is 0. The molecule has 2 saturated heterocycles. The third-order valence-corrected chi connectivity index (χ3v) is 5.65. The van der Waals surface area contributed by atoms with Crippen molar-refractivity contribution in [2.45, 2.75) is 13.3 Å². The maximum atomic E-state index is 13.0. The number of anilines is 2. The zero-order valence-electron chi connectivity index (χ0n) is 15.8. The van der Waals surface area contributed by atoms with Crippen LogP contribution in [-0.2, 0) is 9.59 Å². The molecular formula is C21H23ClN4O2. The Morgan fingerprint density at radius 1 is 1.07 bits per heavy atom. The molecular weight excluding hydrogens is 376 g/mol. The summed E-state index contributed by atoms with van der Waals surface area (Å²) >= 11 is 5.98. The molecule has 2 amide bonds. The van der Waals surface area contributed by atoms with E-state index in [-0.39, 0.29) is 24.2 Å². The largest absolute Gasteiger partial charge is 0.353 e. The number of rotatable bonds is 3. The highest BCUT2D eigenvalue weighted by Crippen LogP contribution is 2.27. The van der Waals surface area contributed by atoms with Gasteiger partial charge in [0.15, 0.2) is 0 Å². The highest BCUT2D eigenvalue weighted by molar-refractivity contribution is 6.29. The van der Waals surface area contributed by atoms with E-state index in [0.29, 0.717) is 37.9 Å². The summed E-state index contributed by atoms with van der Waals surface area (Å²) in [5.41, 5.74) is 2.01. The van der Waals surface area contributed by atoms with Gasteiger partial charge in [0, 0.05) is 44.8 Å². The van der Waals surface area contributed by atoms with E-state index in [9.17, 15) is 9.59 Å². The standard InChI is InChI=1S/C21H23ClN4O2/c1-15-5-7-17(8-6-15)26-14-16(13-20(26)27)21(28)25-11-9-24(10-12-25)19-4-2-3-18(22)23-19/h2-8,16H,9-14H2,1H3. The van der Waals surface area contributed by atoms with Gasteiger partial charge >= 0.3 is 0 Å². The zero-order valence-corrected chi connectivity index (χ0v) is 16.6. The number of halogens is 1. The lowest BCUT2D eigenvalue weighted by Gasteiger charge is -2.36. The number of hydrogen-bond acceptors (Lipinski definition) is 4. The van der Waals surface area contributed by atoms with E-state index in [1.807, 2.05) is 48.2 Å². The van der Waals surface area contributed by atoms with Crippen molar-refractivity contribution in [3.63, 3.8) is 0 Å². The first kappa shape index (κ1) is 18.7. The quantitative estimate of drug-likeness (QED) is 0.746. The SMILES string of the molecule is Cc1ccc(N2CC(C(=O)N3CCN(c4cccc(Cl)n4)CC3)CC2=O)cc1. The molecule has 0 spiro atoms. The normalized spacial score (nSPS) is 20.0. The van der Waals surface area contributed by atoms with E-state index >= 15 is 0 Å². The number of piperazine rings is 1. The molecule has 3 heterocycles. The van der Waals surface area contributed by atoms with Gasteiger partial charge in [-0.25, -0.2) is 4.98 Å². The predicted octanol–water partition coefficient (Wildman–Crippen LogP) is 2.75. The summed E-state index contributed by atoms with van der Waals surface area (Å²) in [5, 5.41) is 0.469. The van der Waals surface area contributed by atoms with Gasteiger partial charge in [0.25, 0.3) is 0 Å². The second-order valence-corrected chi connectivity index (χ2v) is 7.76. The smallest absolute Gasteiger partial charge is 0.228 e. The Morgan fingerprint density at radius 3 is 2.46 bits per heavy atom. The summed E-state index contributed by atoms with van der Waals surface area (Å²) in [5.74, 6) is 0.650. The van der Waals surface area contributed by atoms with Gasteiger partial charge in [-0.1, -0.05) is 35.4 Å². The number of nitrogens with zero attached hydrogens (tertiary/aromatic N) is 4. The summed E-state index contributed by atoms with van der Waals surface area (Å²) < 4.78 is 0. The molecule has 1 atom stereocenters. The third kappa shape index (κ3) is 3.83. The second kappa shape index (κ2) is 7.80. The van der Waals surface area contributed by atoms with Crippen LogP contribution in [0.25, 0.3) is 0 Å². The Balaban J connectivity index is 1.36. The molecule has 28 heavy (non-hydrogen) atoms. The molecule has 1 aromatic carbocycles. The molecule has 0 radical (unpaired) electrons. The minimum absolute atomic E-state index is 0.0176. The van der Waals surface area contributed by atoms with Crippen molar-refractivity contribution in [1.29, 1.82) is 0 Å². The number of amides is 2. The fourth-order valence-electron chi connectivity index (χ4n) is 3.84. The zero-order chi connectivity index (χ0) is 19.7. The lowest BCUT2D eigenvalue weighted by atomic mass is 10.1. The lowest BCUT2D eigenvalue weighted by molar-refractivity contribution is -0.136. The molecule has 2 aliphatic heterocycles. The molecule has 2 fully saturated rings. The van der Waals surface area contributed by atoms with Crippen LogP contribution >= 0.6 is 11.6 Å². The Labute approximate surface area is 169 Å². The summed E-state index contributed by atoms with van der Waals surface area (Å²) in [4.78, 5) is 35.5. The van der Waals surface area contributed by atoms with Gasteiger partial charge in [-0.05, 0) is 31.2 Å². The van der Waals surface area contributed by atoms with Gasteiger partial charge in [0.1, 0.15) is 11.0 Å². The highest BCUT2D eigenvalue weighted by Gasteiger charge is 2.38. The number of aromatic nitrogens is 1. The Hall–Kier alpha value is -2.60. The molecule has 146 valence electrons. The molecule has 0 bridgehead atoms. The van der Waals surface area contributed by atoms with Gasteiger partial charge in [0.2, 0.25) is 11.8 Å². The second-order valence-electron chi connectivity index (χ2n) is 7.37. The number of carbonyl (C=O) groups is 2. The van der Waals surface area contributed by atoms with Gasteiger partial charge in [-0.2, -0.15) is 0 Å². The minimum Gasteiger partial charge on any atom is -0.353 e. The lowest BCUT2D eigenvalue weighted by Crippen LogP contribution is -2.51. The Bertz CT molecular complexity index is 878. The van der Waals surface area contributed by atoms with Crippen molar-refractivity contribution in [1.82, 2.24) is 9.88 Å². The van der Waals surface area contributed by atoms with Crippen LogP contribution in [0.4, 0.5) is 11.5 Å². The first-order valence-corrected chi connectivity index (χ1v) is 9.92. The number of carbonyl (C=O) groups excluding carboxylic acids is 2. The molecule has 0 N–H and O–H groups in total. The average Bonchev–Trinajstić information content (AvgIpc) is 3.10. The number of aryl methyl sites for hydroxylation is 1. The van der Waals surface area contributed by atoms with Crippen molar-refractivity contribution < 1.29 is 9.59 Å². The van der Waals surface area contributed by atoms with E-state index in [4.69, 9.17) is 11.6 Å². The van der Waals surface area contributed by atoms with Crippen LogP contribution in [0.3, 0.4) is 0 Å². The maximum Gasteiger partial charge on any atom is 0.228 e. The first-order valence-electron chi connectivity index (χ1n) is 9.54. The van der Waals surface area contributed by atoms with Crippen molar-refractivity contribution in [3.05, 3.63) is 53.2 Å². The molecule has 7 heteroatoms. The van der Waals surface area contributed by atoms with Crippen LogP contribution in [0.2, 0.25) is 5.15 Å². The fraction of sp³-hybridized carbons (Fsp3) is 0.381. The van der Waals surface area contributed by atoms with Crippen LogP contribution in [0.15, 0.2) is 42.5 Å². The Kier molecular flexibility index (Phi) is 5.22. The van der Waals surface area contributed by atoms with Crippen LogP contribution in [0.5, 0.6) is 0 Å². The Morgan fingerprint density at radius 2 is 1.79 bits per heavy atom. The van der Waals surface area contributed by atoms with E-state index in [1.165, 1.54) is 0 Å². The monoisotopic (exact) mass is 398 g/mol. The van der Waals surface area contributed by atoms with Crippen LogP contribution in [0.1, 0.15) is 12.0 Å². The molecule has 6 nitrogen and oxygen atoms in total. The van der Waals surface area contributed by atoms with Gasteiger partial charge < -0.3 is 14.7 Å². The van der Waals surface area contributed by atoms with Crippen molar-refractivity contribution in [3.8, 4) is 0 Å². The van der Waals surface area contributed by atoms with Crippen LogP contribution in [-0.4, -0.2) is 54.4 Å².